The molecule has 1 aromatic carbocycles. The first-order chi connectivity index (χ1) is 15.0. The summed E-state index contributed by atoms with van der Waals surface area (Å²) >= 11 is 0. The number of nitrogens with zero attached hydrogens (tertiary/aromatic N) is 4. The number of carbonyl (C=O) groups excluding carboxylic acids is 1. The van der Waals surface area contributed by atoms with Gasteiger partial charge in [0.2, 0.25) is 0 Å². The molecule has 2 amide bonds. The highest BCUT2D eigenvalue weighted by molar-refractivity contribution is 5.78. The quantitative estimate of drug-likeness (QED) is 0.680. The van der Waals surface area contributed by atoms with Gasteiger partial charge in [-0.05, 0) is 49.6 Å². The fourth-order valence-electron chi connectivity index (χ4n) is 4.83. The summed E-state index contributed by atoms with van der Waals surface area (Å²) in [5.41, 5.74) is 10.2. The largest absolute Gasteiger partial charge is 0.383 e. The molecule has 3 aromatic rings. The number of likely N-dealkylation sites (tertiary alicyclic amines) is 1. The second-order valence-electron chi connectivity index (χ2n) is 8.34. The van der Waals surface area contributed by atoms with E-state index in [1.807, 2.05) is 24.0 Å². The van der Waals surface area contributed by atoms with Crippen molar-refractivity contribution in [3.05, 3.63) is 54.1 Å². The molecular formula is C23H25FN6O. The summed E-state index contributed by atoms with van der Waals surface area (Å²) in [4.78, 5) is 18.5. The molecule has 160 valence electrons. The molecule has 0 radical (unpaired) electrons. The molecule has 2 aliphatic rings. The number of fused-ring (bicyclic) bond motifs is 2. The van der Waals surface area contributed by atoms with Crippen molar-refractivity contribution in [1.29, 1.82) is 0 Å². The molecule has 31 heavy (non-hydrogen) atoms. The van der Waals surface area contributed by atoms with Crippen molar-refractivity contribution in [3.63, 3.8) is 0 Å². The number of nitrogen functional groups attached to an aromatic ring is 1. The molecule has 3 N–H and O–H groups in total. The number of anilines is 1. The Hall–Kier alpha value is -3.42. The first-order valence-electron chi connectivity index (χ1n) is 10.6. The van der Waals surface area contributed by atoms with Crippen LogP contribution in [0.4, 0.5) is 15.0 Å². The van der Waals surface area contributed by atoms with E-state index in [1.165, 1.54) is 17.8 Å². The SMILES string of the molecule is CCNC(=O)N1CCC2(CCn3nc(-c4cnc(N)c(-c5cccc(F)c5)c4)cc32)C1. The summed E-state index contributed by atoms with van der Waals surface area (Å²) in [6, 6.07) is 10.4. The highest BCUT2D eigenvalue weighted by atomic mass is 19.1. The van der Waals surface area contributed by atoms with Crippen LogP contribution in [0.3, 0.4) is 0 Å². The average molecular weight is 420 g/mol. The van der Waals surface area contributed by atoms with Gasteiger partial charge in [0.25, 0.3) is 0 Å². The Balaban J connectivity index is 1.47. The molecule has 1 atom stereocenters. The van der Waals surface area contributed by atoms with Crippen molar-refractivity contribution in [2.75, 3.05) is 25.4 Å². The number of halogens is 1. The minimum atomic E-state index is -0.317. The zero-order valence-corrected chi connectivity index (χ0v) is 17.4. The van der Waals surface area contributed by atoms with Crippen molar-refractivity contribution in [2.45, 2.75) is 31.7 Å². The Bertz CT molecular complexity index is 1160. The van der Waals surface area contributed by atoms with Crippen LogP contribution in [0.1, 0.15) is 25.5 Å². The molecule has 1 saturated heterocycles. The number of nitrogens with one attached hydrogen (secondary N) is 1. The molecule has 0 saturated carbocycles. The molecule has 2 aliphatic heterocycles. The molecule has 0 aliphatic carbocycles. The first-order valence-corrected chi connectivity index (χ1v) is 10.6. The zero-order valence-electron chi connectivity index (χ0n) is 17.4. The number of hydrogen-bond acceptors (Lipinski definition) is 4. The minimum Gasteiger partial charge on any atom is -0.383 e. The number of nitrogens with two attached hydrogens (primary N) is 1. The summed E-state index contributed by atoms with van der Waals surface area (Å²) in [6.07, 6.45) is 3.63. The molecule has 1 spiro atoms. The second-order valence-corrected chi connectivity index (χ2v) is 8.34. The summed E-state index contributed by atoms with van der Waals surface area (Å²) in [5, 5.41) is 7.71. The number of urea groups is 1. The standard InChI is InChI=1S/C23H25FN6O/c1-2-26-22(31)29-8-6-23(14-29)7-9-30-20(23)12-19(28-30)16-11-18(21(25)27-13-16)15-4-3-5-17(24)10-15/h3-5,10-13H,2,6-9,14H2,1H3,(H2,25,27)(H,26,31). The van der Waals surface area contributed by atoms with Gasteiger partial charge in [0.05, 0.1) is 5.69 Å². The van der Waals surface area contributed by atoms with Crippen LogP contribution < -0.4 is 11.1 Å². The predicted octanol–water partition coefficient (Wildman–Crippen LogP) is 3.41. The number of aromatic nitrogens is 3. The van der Waals surface area contributed by atoms with E-state index < -0.39 is 0 Å². The van der Waals surface area contributed by atoms with Crippen LogP contribution in [0.25, 0.3) is 22.4 Å². The molecule has 2 aromatic heterocycles. The van der Waals surface area contributed by atoms with Crippen LogP contribution in [0.5, 0.6) is 0 Å². The number of rotatable bonds is 3. The smallest absolute Gasteiger partial charge is 0.317 e. The van der Waals surface area contributed by atoms with Crippen molar-refractivity contribution in [2.24, 2.45) is 0 Å². The fraction of sp³-hybridized carbons (Fsp3) is 0.348. The Labute approximate surface area is 180 Å². The van der Waals surface area contributed by atoms with Gasteiger partial charge in [-0.1, -0.05) is 12.1 Å². The van der Waals surface area contributed by atoms with Gasteiger partial charge in [0.15, 0.2) is 0 Å². The van der Waals surface area contributed by atoms with Gasteiger partial charge in [-0.25, -0.2) is 14.2 Å². The van der Waals surface area contributed by atoms with E-state index in [0.29, 0.717) is 30.0 Å². The summed E-state index contributed by atoms with van der Waals surface area (Å²) < 4.78 is 15.8. The third-order valence-corrected chi connectivity index (χ3v) is 6.44. The van der Waals surface area contributed by atoms with Crippen molar-refractivity contribution in [1.82, 2.24) is 25.0 Å². The van der Waals surface area contributed by atoms with Crippen LogP contribution in [0.15, 0.2) is 42.6 Å². The van der Waals surface area contributed by atoms with Crippen LogP contribution in [-0.2, 0) is 12.0 Å². The van der Waals surface area contributed by atoms with Crippen LogP contribution in [0, 0.1) is 5.82 Å². The average Bonchev–Trinajstić information content (AvgIpc) is 3.46. The van der Waals surface area contributed by atoms with Gasteiger partial charge in [-0.2, -0.15) is 5.10 Å². The second kappa shape index (κ2) is 7.37. The molecule has 4 heterocycles. The third-order valence-electron chi connectivity index (χ3n) is 6.44. The van der Waals surface area contributed by atoms with Crippen LogP contribution in [-0.4, -0.2) is 45.3 Å². The Morgan fingerprint density at radius 2 is 2.06 bits per heavy atom. The molecular weight excluding hydrogens is 395 g/mol. The maximum atomic E-state index is 13.7. The lowest BCUT2D eigenvalue weighted by Crippen LogP contribution is -2.40. The zero-order chi connectivity index (χ0) is 21.6. The fourth-order valence-corrected chi connectivity index (χ4v) is 4.83. The summed E-state index contributed by atoms with van der Waals surface area (Å²) in [6.45, 7) is 4.84. The van der Waals surface area contributed by atoms with E-state index in [4.69, 9.17) is 10.8 Å². The van der Waals surface area contributed by atoms with E-state index in [9.17, 15) is 9.18 Å². The summed E-state index contributed by atoms with van der Waals surface area (Å²) in [7, 11) is 0. The van der Waals surface area contributed by atoms with Gasteiger partial charge in [0.1, 0.15) is 11.6 Å². The molecule has 1 unspecified atom stereocenters. The van der Waals surface area contributed by atoms with Gasteiger partial charge < -0.3 is 16.0 Å². The van der Waals surface area contributed by atoms with Crippen molar-refractivity contribution >= 4 is 11.8 Å². The van der Waals surface area contributed by atoms with E-state index in [1.54, 1.807) is 12.3 Å². The molecule has 8 heteroatoms. The van der Waals surface area contributed by atoms with Crippen LogP contribution in [0.2, 0.25) is 0 Å². The minimum absolute atomic E-state index is 0.0000310. The van der Waals surface area contributed by atoms with E-state index in [0.717, 1.165) is 37.2 Å². The van der Waals surface area contributed by atoms with Crippen molar-refractivity contribution in [3.8, 4) is 22.4 Å². The summed E-state index contributed by atoms with van der Waals surface area (Å²) in [5.74, 6) is 0.0362. The van der Waals surface area contributed by atoms with E-state index in [-0.39, 0.29) is 17.3 Å². The molecule has 7 nitrogen and oxygen atoms in total. The van der Waals surface area contributed by atoms with E-state index in [2.05, 4.69) is 21.0 Å². The first kappa shape index (κ1) is 19.5. The Morgan fingerprint density at radius 1 is 1.23 bits per heavy atom. The molecule has 5 rings (SSSR count). The Kier molecular flexibility index (Phi) is 4.64. The lowest BCUT2D eigenvalue weighted by molar-refractivity contribution is 0.206. The maximum absolute atomic E-state index is 13.7. The Morgan fingerprint density at radius 3 is 2.87 bits per heavy atom. The maximum Gasteiger partial charge on any atom is 0.317 e. The number of hydrogen-bond donors (Lipinski definition) is 2. The lowest BCUT2D eigenvalue weighted by Gasteiger charge is -2.23. The van der Waals surface area contributed by atoms with Crippen LogP contribution >= 0.6 is 0 Å². The van der Waals surface area contributed by atoms with Gasteiger partial charge in [-0.3, -0.25) is 4.68 Å². The highest BCUT2D eigenvalue weighted by Crippen LogP contribution is 2.44. The van der Waals surface area contributed by atoms with E-state index >= 15 is 0 Å². The number of aryl methyl sites for hydroxylation is 1. The predicted molar refractivity (Wildman–Crippen MR) is 117 cm³/mol. The normalized spacial score (nSPS) is 19.7. The number of carbonyl (C=O) groups is 1. The van der Waals surface area contributed by atoms with Crippen molar-refractivity contribution < 1.29 is 9.18 Å². The van der Waals surface area contributed by atoms with Gasteiger partial charge >= 0.3 is 6.03 Å². The monoisotopic (exact) mass is 420 g/mol. The number of amides is 2. The van der Waals surface area contributed by atoms with Gasteiger partial charge in [0, 0.05) is 54.6 Å². The lowest BCUT2D eigenvalue weighted by atomic mass is 9.82. The molecule has 0 bridgehead atoms. The highest BCUT2D eigenvalue weighted by Gasteiger charge is 2.46. The van der Waals surface area contributed by atoms with Gasteiger partial charge in [-0.15, -0.1) is 0 Å². The third kappa shape index (κ3) is 3.32. The number of pyridine rings is 1. The topological polar surface area (TPSA) is 89.1 Å². The number of benzene rings is 1. The molecule has 1 fully saturated rings.